The summed E-state index contributed by atoms with van der Waals surface area (Å²) in [5, 5.41) is 0. The van der Waals surface area contributed by atoms with Gasteiger partial charge in [0.25, 0.3) is 0 Å². The van der Waals surface area contributed by atoms with Crippen molar-refractivity contribution in [3.05, 3.63) is 11.6 Å². The normalized spacial score (nSPS) is 45.3. The highest BCUT2D eigenvalue weighted by Crippen LogP contribution is 2.50. The van der Waals surface area contributed by atoms with Crippen LogP contribution in [0.5, 0.6) is 0 Å². The molecule has 3 atom stereocenters. The van der Waals surface area contributed by atoms with Crippen LogP contribution in [0.2, 0.25) is 0 Å². The van der Waals surface area contributed by atoms with Crippen LogP contribution in [-0.2, 0) is 0 Å². The zero-order valence-corrected chi connectivity index (χ0v) is 7.76. The third-order valence-corrected chi connectivity index (χ3v) is 4.37. The van der Waals surface area contributed by atoms with E-state index < -0.39 is 0 Å². The van der Waals surface area contributed by atoms with Gasteiger partial charge in [0.05, 0.1) is 0 Å². The number of hydrogen-bond acceptors (Lipinski definition) is 0. The minimum absolute atomic E-state index is 1.05. The van der Waals surface area contributed by atoms with E-state index in [2.05, 4.69) is 6.08 Å². The molecule has 3 aliphatic carbocycles. The molecule has 0 radical (unpaired) electrons. The molecule has 3 rings (SSSR count). The Morgan fingerprint density at radius 3 is 3.08 bits per heavy atom. The van der Waals surface area contributed by atoms with E-state index in [1.54, 1.807) is 6.42 Å². The molecular weight excluding hydrogens is 144 g/mol. The van der Waals surface area contributed by atoms with Crippen LogP contribution in [0.4, 0.5) is 0 Å². The van der Waals surface area contributed by atoms with Crippen LogP contribution in [0.25, 0.3) is 0 Å². The molecule has 0 aliphatic heterocycles. The molecule has 2 saturated carbocycles. The summed E-state index contributed by atoms with van der Waals surface area (Å²) in [5.41, 5.74) is 1.85. The topological polar surface area (TPSA) is 0 Å². The first-order valence-electron chi connectivity index (χ1n) is 5.64. The highest BCUT2D eigenvalue weighted by molar-refractivity contribution is 5.18. The van der Waals surface area contributed by atoms with E-state index in [4.69, 9.17) is 0 Å². The minimum atomic E-state index is 1.05. The van der Waals surface area contributed by atoms with Gasteiger partial charge in [-0.05, 0) is 56.3 Å². The third kappa shape index (κ3) is 0.901. The zero-order chi connectivity index (χ0) is 7.97. The van der Waals surface area contributed by atoms with Crippen molar-refractivity contribution in [1.82, 2.24) is 0 Å². The molecule has 66 valence electrons. The first kappa shape index (κ1) is 7.17. The molecule has 0 heterocycles. The van der Waals surface area contributed by atoms with E-state index >= 15 is 0 Å². The summed E-state index contributed by atoms with van der Waals surface area (Å²) < 4.78 is 0. The van der Waals surface area contributed by atoms with Crippen LogP contribution in [0.3, 0.4) is 0 Å². The SMILES string of the molecule is C1=C2CCC[C@H]2[C@@H]2CCC[C@H]2C1. The lowest BCUT2D eigenvalue weighted by molar-refractivity contribution is 0.281. The summed E-state index contributed by atoms with van der Waals surface area (Å²) >= 11 is 0. The molecule has 0 heteroatoms. The summed E-state index contributed by atoms with van der Waals surface area (Å²) in [4.78, 5) is 0. The molecule has 0 amide bonds. The van der Waals surface area contributed by atoms with Gasteiger partial charge in [-0.1, -0.05) is 18.1 Å². The van der Waals surface area contributed by atoms with E-state index in [1.807, 2.05) is 5.57 Å². The molecule has 0 aromatic heterocycles. The van der Waals surface area contributed by atoms with Crippen molar-refractivity contribution in [2.45, 2.75) is 44.9 Å². The summed E-state index contributed by atoms with van der Waals surface area (Å²) in [6.45, 7) is 0. The second kappa shape index (κ2) is 2.61. The Balaban J connectivity index is 1.90. The Morgan fingerprint density at radius 2 is 2.08 bits per heavy atom. The van der Waals surface area contributed by atoms with Crippen molar-refractivity contribution in [2.75, 3.05) is 0 Å². The Kier molecular flexibility index (Phi) is 1.56. The molecule has 0 aromatic carbocycles. The lowest BCUT2D eigenvalue weighted by Gasteiger charge is -2.30. The summed E-state index contributed by atoms with van der Waals surface area (Å²) in [7, 11) is 0. The van der Waals surface area contributed by atoms with E-state index in [1.165, 1.54) is 38.5 Å². The van der Waals surface area contributed by atoms with Crippen LogP contribution in [-0.4, -0.2) is 0 Å². The quantitative estimate of drug-likeness (QED) is 0.478. The van der Waals surface area contributed by atoms with Gasteiger partial charge in [-0.3, -0.25) is 0 Å². The van der Waals surface area contributed by atoms with Gasteiger partial charge in [-0.25, -0.2) is 0 Å². The molecule has 0 saturated heterocycles. The standard InChI is InChI=1S/C12H18/c1-3-9-7-8-10-4-2-6-12(10)11(9)5-1/h7,10-12H,1-6,8H2/t10-,11+,12+/m0/s1. The van der Waals surface area contributed by atoms with Crippen molar-refractivity contribution in [3.63, 3.8) is 0 Å². The van der Waals surface area contributed by atoms with Gasteiger partial charge in [0.15, 0.2) is 0 Å². The Labute approximate surface area is 75.0 Å². The first-order chi connectivity index (χ1) is 5.95. The summed E-state index contributed by atoms with van der Waals surface area (Å²) in [6, 6.07) is 0. The lowest BCUT2D eigenvalue weighted by Crippen LogP contribution is -2.21. The van der Waals surface area contributed by atoms with E-state index in [-0.39, 0.29) is 0 Å². The Bertz CT molecular complexity index is 214. The summed E-state index contributed by atoms with van der Waals surface area (Å²) in [5.74, 6) is 3.26. The van der Waals surface area contributed by atoms with Crippen molar-refractivity contribution in [2.24, 2.45) is 17.8 Å². The van der Waals surface area contributed by atoms with Crippen molar-refractivity contribution in [3.8, 4) is 0 Å². The number of allylic oxidation sites excluding steroid dienone is 2. The highest BCUT2D eigenvalue weighted by atomic mass is 14.4. The van der Waals surface area contributed by atoms with Gasteiger partial charge in [0.2, 0.25) is 0 Å². The Morgan fingerprint density at radius 1 is 1.08 bits per heavy atom. The monoisotopic (exact) mass is 162 g/mol. The van der Waals surface area contributed by atoms with E-state index in [9.17, 15) is 0 Å². The molecule has 0 bridgehead atoms. The van der Waals surface area contributed by atoms with Gasteiger partial charge in [-0.2, -0.15) is 0 Å². The molecule has 0 nitrogen and oxygen atoms in total. The average molecular weight is 162 g/mol. The largest absolute Gasteiger partial charge is 0.0848 e. The van der Waals surface area contributed by atoms with Crippen LogP contribution in [0, 0.1) is 17.8 Å². The van der Waals surface area contributed by atoms with Gasteiger partial charge < -0.3 is 0 Å². The lowest BCUT2D eigenvalue weighted by atomic mass is 9.75. The minimum Gasteiger partial charge on any atom is -0.0848 e. The molecule has 0 N–H and O–H groups in total. The highest BCUT2D eigenvalue weighted by Gasteiger charge is 2.39. The van der Waals surface area contributed by atoms with Crippen molar-refractivity contribution >= 4 is 0 Å². The van der Waals surface area contributed by atoms with Crippen molar-refractivity contribution in [1.29, 1.82) is 0 Å². The predicted octanol–water partition coefficient (Wildman–Crippen LogP) is 3.53. The Hall–Kier alpha value is -0.260. The van der Waals surface area contributed by atoms with Gasteiger partial charge in [-0.15, -0.1) is 0 Å². The fourth-order valence-electron chi connectivity index (χ4n) is 3.83. The number of hydrogen-bond donors (Lipinski definition) is 0. The van der Waals surface area contributed by atoms with Crippen LogP contribution in [0.1, 0.15) is 44.9 Å². The maximum absolute atomic E-state index is 2.59. The van der Waals surface area contributed by atoms with Gasteiger partial charge in [0.1, 0.15) is 0 Å². The molecule has 12 heavy (non-hydrogen) atoms. The van der Waals surface area contributed by atoms with Crippen LogP contribution >= 0.6 is 0 Å². The smallest absolute Gasteiger partial charge is 0.0172 e. The number of fused-ring (bicyclic) bond motifs is 3. The molecule has 0 aromatic rings. The molecule has 0 spiro atoms. The predicted molar refractivity (Wildman–Crippen MR) is 50.9 cm³/mol. The fourth-order valence-corrected chi connectivity index (χ4v) is 3.83. The zero-order valence-electron chi connectivity index (χ0n) is 7.76. The maximum atomic E-state index is 2.59. The fraction of sp³-hybridized carbons (Fsp3) is 0.833. The molecule has 2 fully saturated rings. The van der Waals surface area contributed by atoms with E-state index in [0.717, 1.165) is 17.8 Å². The van der Waals surface area contributed by atoms with Gasteiger partial charge >= 0.3 is 0 Å². The van der Waals surface area contributed by atoms with Crippen molar-refractivity contribution < 1.29 is 0 Å². The molecule has 0 unspecified atom stereocenters. The first-order valence-corrected chi connectivity index (χ1v) is 5.64. The third-order valence-electron chi connectivity index (χ3n) is 4.37. The maximum Gasteiger partial charge on any atom is -0.0172 e. The van der Waals surface area contributed by atoms with Crippen LogP contribution in [0.15, 0.2) is 11.6 Å². The summed E-state index contributed by atoms with van der Waals surface area (Å²) in [6.07, 6.45) is 13.1. The van der Waals surface area contributed by atoms with Gasteiger partial charge in [0, 0.05) is 0 Å². The second-order valence-electron chi connectivity index (χ2n) is 4.87. The van der Waals surface area contributed by atoms with E-state index in [0.29, 0.717) is 0 Å². The second-order valence-corrected chi connectivity index (χ2v) is 4.87. The number of rotatable bonds is 0. The van der Waals surface area contributed by atoms with Crippen LogP contribution < -0.4 is 0 Å². The average Bonchev–Trinajstić information content (AvgIpc) is 2.71. The molecule has 3 aliphatic rings. The molecular formula is C12H18.